The van der Waals surface area contributed by atoms with Gasteiger partial charge in [0.25, 0.3) is 0 Å². The monoisotopic (exact) mass is 819 g/mol. The van der Waals surface area contributed by atoms with Crippen LogP contribution in [0.25, 0.3) is 65.4 Å². The third-order valence-electron chi connectivity index (χ3n) is 8.72. The van der Waals surface area contributed by atoms with Gasteiger partial charge in [-0.15, -0.1) is 41.2 Å². The van der Waals surface area contributed by atoms with Gasteiger partial charge in [-0.1, -0.05) is 135 Å². The summed E-state index contributed by atoms with van der Waals surface area (Å²) in [6.07, 6.45) is 1.88. The average molecular weight is 819 g/mol. The maximum atomic E-state index is 4.87. The Morgan fingerprint density at radius 1 is 0.750 bits per heavy atom. The molecule has 0 N–H and O–H groups in total. The molecule has 2 aromatic heterocycles. The molecule has 0 spiro atoms. The fourth-order valence-corrected chi connectivity index (χ4v) is 6.66. The van der Waals surface area contributed by atoms with Gasteiger partial charge in [0.2, 0.25) is 0 Å². The molecule has 0 unspecified atom stereocenters. The Bertz CT molecular complexity index is 2000. The Labute approximate surface area is 301 Å². The second-order valence-corrected chi connectivity index (χ2v) is 15.1. The molecule has 0 bridgehead atoms. The van der Waals surface area contributed by atoms with E-state index in [1.165, 1.54) is 38.2 Å². The minimum atomic E-state index is -0.00459. The molecule has 48 heavy (non-hydrogen) atoms. The molecule has 254 valence electrons. The Kier molecular flexibility index (Phi) is 11.9. The number of hydrogen-bond donors (Lipinski definition) is 0. The van der Waals surface area contributed by atoms with E-state index in [0.29, 0.717) is 23.9 Å². The summed E-state index contributed by atoms with van der Waals surface area (Å²) >= 11 is 0. The summed E-state index contributed by atoms with van der Waals surface area (Å²) in [6.45, 7) is 24.1. The SMILES string of the molecule is CC(C)[N-]C([N-]C(C)C)C(C)C.CC(C)c1c2ccccc2cc2c3c(-c4[c-]c5ccccc5c(C(C)(C)C)c4)ncnc3n(C)c12.[Ir+3]. The molecular weight excluding hydrogens is 767 g/mol. The van der Waals surface area contributed by atoms with Crippen LogP contribution in [-0.2, 0) is 32.6 Å². The van der Waals surface area contributed by atoms with E-state index < -0.39 is 0 Å². The number of aryl methyl sites for hydroxylation is 1. The van der Waals surface area contributed by atoms with Crippen molar-refractivity contribution in [1.82, 2.24) is 14.5 Å². The molecule has 6 rings (SSSR count). The van der Waals surface area contributed by atoms with Crippen LogP contribution in [0, 0.1) is 12.0 Å². The molecule has 0 amide bonds. The number of rotatable bonds is 7. The van der Waals surface area contributed by atoms with Crippen LogP contribution in [0.1, 0.15) is 93.2 Å². The maximum Gasteiger partial charge on any atom is 3.00 e. The second kappa shape index (κ2) is 15.2. The predicted octanol–water partition coefficient (Wildman–Crippen LogP) is 11.8. The van der Waals surface area contributed by atoms with E-state index in [1.807, 2.05) is 0 Å². The van der Waals surface area contributed by atoms with Crippen molar-refractivity contribution in [1.29, 1.82) is 0 Å². The second-order valence-electron chi connectivity index (χ2n) is 15.1. The van der Waals surface area contributed by atoms with Gasteiger partial charge in [-0.25, -0.2) is 11.1 Å². The first-order valence-corrected chi connectivity index (χ1v) is 17.2. The number of benzene rings is 4. The normalized spacial score (nSPS) is 12.3. The van der Waals surface area contributed by atoms with Crippen LogP contribution < -0.4 is 0 Å². The van der Waals surface area contributed by atoms with Gasteiger partial charge in [-0.05, 0) is 33.7 Å². The zero-order valence-corrected chi connectivity index (χ0v) is 33.2. The fourth-order valence-electron chi connectivity index (χ4n) is 6.66. The predicted molar refractivity (Wildman–Crippen MR) is 204 cm³/mol. The first-order valence-electron chi connectivity index (χ1n) is 17.2. The van der Waals surface area contributed by atoms with Gasteiger partial charge in [0.15, 0.2) is 0 Å². The van der Waals surface area contributed by atoms with Crippen molar-refractivity contribution in [2.24, 2.45) is 13.0 Å². The third kappa shape index (κ3) is 7.68. The van der Waals surface area contributed by atoms with Crippen LogP contribution in [0.3, 0.4) is 0 Å². The first kappa shape index (κ1) is 37.7. The van der Waals surface area contributed by atoms with Crippen LogP contribution in [0.5, 0.6) is 0 Å². The summed E-state index contributed by atoms with van der Waals surface area (Å²) in [4.78, 5) is 9.64. The van der Waals surface area contributed by atoms with Crippen molar-refractivity contribution >= 4 is 43.5 Å². The summed E-state index contributed by atoms with van der Waals surface area (Å²) in [7, 11) is 2.13. The average Bonchev–Trinajstić information content (AvgIpc) is 3.29. The van der Waals surface area contributed by atoms with Gasteiger partial charge in [0, 0.05) is 23.5 Å². The van der Waals surface area contributed by atoms with E-state index in [9.17, 15) is 0 Å². The quantitative estimate of drug-likeness (QED) is 0.151. The largest absolute Gasteiger partial charge is 3.00 e. The van der Waals surface area contributed by atoms with Crippen LogP contribution in [-0.4, -0.2) is 32.8 Å². The smallest absolute Gasteiger partial charge is 0.675 e. The number of nitrogens with zero attached hydrogens (tertiary/aromatic N) is 5. The summed E-state index contributed by atoms with van der Waals surface area (Å²) < 4.78 is 2.25. The standard InChI is InChI=1S/C32H30N3.C10H22N2.Ir/c1-19(2)27-24-14-10-8-12-21(24)16-25-28-29(33-18-34-31(28)35(6)30(25)27)22-15-20-11-7-9-13-23(20)26(17-22)32(3,4)5;1-7(2)10(11-8(3)4)12-9(5)6;/h7-14,16-19H,1-6H3;7-10H,1-6H3;/q-1;-2;+3. The van der Waals surface area contributed by atoms with Gasteiger partial charge >= 0.3 is 20.1 Å². The van der Waals surface area contributed by atoms with Crippen molar-refractivity contribution < 1.29 is 20.1 Å². The molecule has 0 aliphatic rings. The summed E-state index contributed by atoms with van der Waals surface area (Å²) in [5.74, 6) is 0.901. The van der Waals surface area contributed by atoms with E-state index in [4.69, 9.17) is 9.97 Å². The summed E-state index contributed by atoms with van der Waals surface area (Å²) in [5, 5.41) is 16.3. The van der Waals surface area contributed by atoms with Crippen molar-refractivity contribution in [2.75, 3.05) is 0 Å². The van der Waals surface area contributed by atoms with Gasteiger partial charge in [-0.3, -0.25) is 4.98 Å². The molecular formula is C42H52IrN5. The molecule has 5 nitrogen and oxygen atoms in total. The van der Waals surface area contributed by atoms with Crippen molar-refractivity contribution in [3.05, 3.63) is 94.8 Å². The van der Waals surface area contributed by atoms with E-state index in [0.717, 1.165) is 27.7 Å². The van der Waals surface area contributed by atoms with Gasteiger partial charge in [0.05, 0.1) is 5.52 Å². The van der Waals surface area contributed by atoms with E-state index in [2.05, 4.69) is 165 Å². The molecule has 0 radical (unpaired) electrons. The third-order valence-corrected chi connectivity index (χ3v) is 8.72. The van der Waals surface area contributed by atoms with Crippen molar-refractivity contribution in [2.45, 2.75) is 106 Å². The van der Waals surface area contributed by atoms with Gasteiger partial charge in [-0.2, -0.15) is 0 Å². The van der Waals surface area contributed by atoms with Crippen LogP contribution >= 0.6 is 0 Å². The molecule has 6 heteroatoms. The Morgan fingerprint density at radius 3 is 1.94 bits per heavy atom. The number of aromatic nitrogens is 3. The topological polar surface area (TPSA) is 58.9 Å². The number of hydrogen-bond acceptors (Lipinski definition) is 2. The van der Waals surface area contributed by atoms with Gasteiger partial charge in [0.1, 0.15) is 12.0 Å². The molecule has 2 heterocycles. The fraction of sp³-hybridized carbons (Fsp3) is 0.429. The molecule has 0 saturated carbocycles. The van der Waals surface area contributed by atoms with Crippen LogP contribution in [0.4, 0.5) is 0 Å². The first-order chi connectivity index (χ1) is 22.2. The molecule has 0 fully saturated rings. The molecule has 6 aromatic rings. The van der Waals surface area contributed by atoms with E-state index >= 15 is 0 Å². The van der Waals surface area contributed by atoms with Crippen LogP contribution in [0.2, 0.25) is 0 Å². The molecule has 0 atom stereocenters. The van der Waals surface area contributed by atoms with E-state index in [-0.39, 0.29) is 31.7 Å². The minimum Gasteiger partial charge on any atom is -0.675 e. The maximum absolute atomic E-state index is 4.87. The molecule has 0 saturated heterocycles. The Morgan fingerprint density at radius 2 is 1.35 bits per heavy atom. The Hall–Kier alpha value is -3.15. The molecule has 4 aromatic carbocycles. The van der Waals surface area contributed by atoms with Crippen molar-refractivity contribution in [3.63, 3.8) is 0 Å². The minimum absolute atomic E-state index is 0. The molecule has 0 aliphatic heterocycles. The van der Waals surface area contributed by atoms with Crippen molar-refractivity contribution in [3.8, 4) is 11.3 Å². The van der Waals surface area contributed by atoms with E-state index in [1.54, 1.807) is 6.33 Å². The zero-order valence-electron chi connectivity index (χ0n) is 30.8. The Balaban J connectivity index is 0.000000345. The number of fused-ring (bicyclic) bond motifs is 5. The van der Waals surface area contributed by atoms with Crippen LogP contribution in [0.15, 0.2) is 67.0 Å². The zero-order chi connectivity index (χ0) is 34.2. The molecule has 0 aliphatic carbocycles. The van der Waals surface area contributed by atoms with Gasteiger partial charge < -0.3 is 15.2 Å². The summed E-state index contributed by atoms with van der Waals surface area (Å²) in [6, 6.07) is 26.3. The summed E-state index contributed by atoms with van der Waals surface area (Å²) in [5.41, 5.74) is 6.84.